The summed E-state index contributed by atoms with van der Waals surface area (Å²) in [4.78, 5) is 20.5. The Morgan fingerprint density at radius 1 is 0.953 bits per heavy atom. The number of aromatic nitrogens is 4. The number of rotatable bonds is 11. The van der Waals surface area contributed by atoms with Crippen molar-refractivity contribution in [3.05, 3.63) is 108 Å². The number of hydrogen-bond acceptors (Lipinski definition) is 7. The molecule has 0 aliphatic carbocycles. The molecule has 222 valence electrons. The summed E-state index contributed by atoms with van der Waals surface area (Å²) in [5.41, 5.74) is 1.69. The van der Waals surface area contributed by atoms with Gasteiger partial charge in [-0.05, 0) is 35.9 Å². The molecule has 0 atom stereocenters. The van der Waals surface area contributed by atoms with Gasteiger partial charge in [-0.25, -0.2) is 23.1 Å². The quantitative estimate of drug-likeness (QED) is 0.221. The maximum Gasteiger partial charge on any atom is 0.243 e. The van der Waals surface area contributed by atoms with Crippen molar-refractivity contribution in [1.29, 1.82) is 0 Å². The second kappa shape index (κ2) is 12.7. The van der Waals surface area contributed by atoms with E-state index in [1.54, 1.807) is 48.5 Å². The molecule has 0 saturated heterocycles. The summed E-state index contributed by atoms with van der Waals surface area (Å²) < 4.78 is 57.1. The number of nitrogens with zero attached hydrogens (tertiary/aromatic N) is 4. The lowest BCUT2D eigenvalue weighted by Crippen LogP contribution is -2.25. The number of imidazole rings is 2. The molecular formula is C29H26ClFN6O5S. The Morgan fingerprint density at radius 2 is 1.74 bits per heavy atom. The fourth-order valence-corrected chi connectivity index (χ4v) is 5.72. The standard InChI is InChI=1S/C29H26ClFN6O5S/c1-41-22-9-7-20(25(13-22)42-2)14-34-43(39,40)26-12-21(35-29(38)11-19-5-3-4-6-23(19)30)8-10-24(26)36-16-28(33-18-36)37-15-27(31)32-17-37/h3-10,12-13,15-18,34H,11,14H2,1-2H3,(H,35,38). The average Bonchev–Trinajstić information content (AvgIpc) is 3.66. The van der Waals surface area contributed by atoms with E-state index in [-0.39, 0.29) is 35.1 Å². The van der Waals surface area contributed by atoms with Crippen molar-refractivity contribution in [2.45, 2.75) is 17.9 Å². The normalized spacial score (nSPS) is 11.3. The first kappa shape index (κ1) is 29.8. The zero-order valence-electron chi connectivity index (χ0n) is 23.0. The molecule has 2 N–H and O–H groups in total. The highest BCUT2D eigenvalue weighted by atomic mass is 35.5. The summed E-state index contributed by atoms with van der Waals surface area (Å²) in [6, 6.07) is 16.5. The molecule has 0 spiro atoms. The lowest BCUT2D eigenvalue weighted by Gasteiger charge is -2.16. The van der Waals surface area contributed by atoms with Crippen LogP contribution in [0.25, 0.3) is 11.5 Å². The molecule has 2 aromatic heterocycles. The summed E-state index contributed by atoms with van der Waals surface area (Å²) in [7, 11) is -1.20. The Morgan fingerprint density at radius 3 is 2.47 bits per heavy atom. The van der Waals surface area contributed by atoms with Gasteiger partial charge < -0.3 is 19.4 Å². The minimum atomic E-state index is -4.19. The van der Waals surface area contributed by atoms with Gasteiger partial charge in [-0.2, -0.15) is 4.39 Å². The highest BCUT2D eigenvalue weighted by molar-refractivity contribution is 7.89. The minimum Gasteiger partial charge on any atom is -0.497 e. The predicted octanol–water partition coefficient (Wildman–Crippen LogP) is 4.53. The van der Waals surface area contributed by atoms with E-state index >= 15 is 0 Å². The van der Waals surface area contributed by atoms with Crippen molar-refractivity contribution in [1.82, 2.24) is 23.8 Å². The molecule has 5 aromatic rings. The van der Waals surface area contributed by atoms with Gasteiger partial charge in [0.15, 0.2) is 5.82 Å². The molecule has 5 rings (SSSR count). The first-order chi connectivity index (χ1) is 20.7. The van der Waals surface area contributed by atoms with E-state index in [4.69, 9.17) is 21.1 Å². The molecule has 0 aliphatic heterocycles. The van der Waals surface area contributed by atoms with Crippen molar-refractivity contribution < 1.29 is 27.1 Å². The first-order valence-electron chi connectivity index (χ1n) is 12.8. The average molecular weight is 625 g/mol. The summed E-state index contributed by atoms with van der Waals surface area (Å²) in [6.07, 6.45) is 5.31. The highest BCUT2D eigenvalue weighted by Crippen LogP contribution is 2.28. The number of carbonyl (C=O) groups excluding carboxylic acids is 1. The maximum atomic E-state index is 13.8. The highest BCUT2D eigenvalue weighted by Gasteiger charge is 2.22. The number of methoxy groups -OCH3 is 2. The molecular weight excluding hydrogens is 599 g/mol. The number of ether oxygens (including phenoxy) is 2. The van der Waals surface area contributed by atoms with Gasteiger partial charge in [0.25, 0.3) is 0 Å². The predicted molar refractivity (Wildman–Crippen MR) is 158 cm³/mol. The number of hydrogen-bond donors (Lipinski definition) is 2. The largest absolute Gasteiger partial charge is 0.497 e. The third kappa shape index (κ3) is 6.85. The van der Waals surface area contributed by atoms with E-state index < -0.39 is 16.0 Å². The van der Waals surface area contributed by atoms with Gasteiger partial charge >= 0.3 is 0 Å². The van der Waals surface area contributed by atoms with Crippen LogP contribution in [0.1, 0.15) is 11.1 Å². The maximum absolute atomic E-state index is 13.8. The lowest BCUT2D eigenvalue weighted by molar-refractivity contribution is -0.115. The number of anilines is 1. The van der Waals surface area contributed by atoms with E-state index in [9.17, 15) is 17.6 Å². The SMILES string of the molecule is COc1ccc(CNS(=O)(=O)c2cc(NC(=O)Cc3ccccc3Cl)ccc2-n2cnc(-n3cnc(F)c3)c2)c(OC)c1. The Balaban J connectivity index is 1.47. The van der Waals surface area contributed by atoms with Gasteiger partial charge in [-0.1, -0.05) is 35.9 Å². The van der Waals surface area contributed by atoms with Crippen molar-refractivity contribution in [2.24, 2.45) is 0 Å². The van der Waals surface area contributed by atoms with Crippen LogP contribution in [0.3, 0.4) is 0 Å². The molecule has 0 saturated carbocycles. The summed E-state index contributed by atoms with van der Waals surface area (Å²) in [5, 5.41) is 3.19. The summed E-state index contributed by atoms with van der Waals surface area (Å²) in [5.74, 6) is 0.238. The van der Waals surface area contributed by atoms with Crippen molar-refractivity contribution in [3.63, 3.8) is 0 Å². The van der Waals surface area contributed by atoms with Gasteiger partial charge in [-0.3, -0.25) is 9.36 Å². The second-order valence-corrected chi connectivity index (χ2v) is 11.4. The third-order valence-electron chi connectivity index (χ3n) is 6.45. The summed E-state index contributed by atoms with van der Waals surface area (Å²) in [6.45, 7) is -0.0957. The van der Waals surface area contributed by atoms with Gasteiger partial charge in [-0.15, -0.1) is 0 Å². The van der Waals surface area contributed by atoms with Crippen LogP contribution >= 0.6 is 11.6 Å². The molecule has 14 heteroatoms. The second-order valence-electron chi connectivity index (χ2n) is 9.24. The molecule has 11 nitrogen and oxygen atoms in total. The molecule has 43 heavy (non-hydrogen) atoms. The van der Waals surface area contributed by atoms with Gasteiger partial charge in [0.2, 0.25) is 21.9 Å². The molecule has 1 amide bonds. The Labute approximate surface area is 251 Å². The van der Waals surface area contributed by atoms with E-state index in [0.29, 0.717) is 33.5 Å². The van der Waals surface area contributed by atoms with E-state index in [2.05, 4.69) is 20.0 Å². The number of amides is 1. The Kier molecular flexibility index (Phi) is 8.76. The molecule has 0 unspecified atom stereocenters. The number of carbonyl (C=O) groups is 1. The number of benzene rings is 3. The van der Waals surface area contributed by atoms with Crippen LogP contribution in [-0.2, 0) is 27.8 Å². The molecule has 0 fully saturated rings. The van der Waals surface area contributed by atoms with Crippen LogP contribution in [0.4, 0.5) is 10.1 Å². The number of sulfonamides is 1. The number of nitrogens with one attached hydrogen (secondary N) is 2. The van der Waals surface area contributed by atoms with Crippen LogP contribution < -0.4 is 19.5 Å². The van der Waals surface area contributed by atoms with Gasteiger partial charge in [0, 0.05) is 28.9 Å². The smallest absolute Gasteiger partial charge is 0.243 e. The lowest BCUT2D eigenvalue weighted by atomic mass is 10.1. The van der Waals surface area contributed by atoms with Crippen LogP contribution in [0.15, 0.2) is 90.6 Å². The summed E-state index contributed by atoms with van der Waals surface area (Å²) >= 11 is 6.20. The molecule has 0 aliphatic rings. The van der Waals surface area contributed by atoms with Crippen LogP contribution in [0.2, 0.25) is 5.02 Å². The van der Waals surface area contributed by atoms with E-state index in [1.165, 1.54) is 54.3 Å². The van der Waals surface area contributed by atoms with Gasteiger partial charge in [0.05, 0.1) is 38.7 Å². The van der Waals surface area contributed by atoms with Crippen molar-refractivity contribution >= 4 is 33.2 Å². The zero-order valence-corrected chi connectivity index (χ0v) is 24.6. The molecule has 0 bridgehead atoms. The molecule has 0 radical (unpaired) electrons. The minimum absolute atomic E-state index is 0.00856. The topological polar surface area (TPSA) is 129 Å². The Bertz CT molecular complexity index is 1890. The van der Waals surface area contributed by atoms with Gasteiger partial charge in [0.1, 0.15) is 29.0 Å². The Hall–Kier alpha value is -4.72. The zero-order chi connectivity index (χ0) is 30.6. The monoisotopic (exact) mass is 624 g/mol. The van der Waals surface area contributed by atoms with Crippen LogP contribution in [0, 0.1) is 5.95 Å². The van der Waals surface area contributed by atoms with E-state index in [1.807, 2.05) is 0 Å². The van der Waals surface area contributed by atoms with Crippen molar-refractivity contribution in [3.8, 4) is 23.0 Å². The van der Waals surface area contributed by atoms with E-state index in [0.717, 1.165) is 6.20 Å². The molecule has 2 heterocycles. The fourth-order valence-electron chi connectivity index (χ4n) is 4.29. The first-order valence-corrected chi connectivity index (χ1v) is 14.6. The van der Waals surface area contributed by atoms with Crippen LogP contribution in [0.5, 0.6) is 11.5 Å². The van der Waals surface area contributed by atoms with Crippen LogP contribution in [-0.4, -0.2) is 47.6 Å². The third-order valence-corrected chi connectivity index (χ3v) is 8.25. The number of halogens is 2. The molecule has 3 aromatic carbocycles. The van der Waals surface area contributed by atoms with Crippen molar-refractivity contribution in [2.75, 3.05) is 19.5 Å². The fraction of sp³-hybridized carbons (Fsp3) is 0.138.